The number of aryl methyl sites for hydroxylation is 1. The summed E-state index contributed by atoms with van der Waals surface area (Å²) >= 11 is 0. The van der Waals surface area contributed by atoms with E-state index in [1.165, 1.54) is 0 Å². The fraction of sp³-hybridized carbons (Fsp3) is 0.250. The molecule has 0 aliphatic heterocycles. The van der Waals surface area contributed by atoms with E-state index in [9.17, 15) is 4.79 Å². The first kappa shape index (κ1) is 10.5. The normalized spacial score (nSPS) is 10.4. The van der Waals surface area contributed by atoms with Crippen molar-refractivity contribution in [1.29, 1.82) is 0 Å². The largest absolute Gasteiger partial charge is 0.493 e. The Balaban J connectivity index is 2.91. The van der Waals surface area contributed by atoms with Crippen molar-refractivity contribution in [1.82, 2.24) is 0 Å². The van der Waals surface area contributed by atoms with Crippen LogP contribution in [0.2, 0.25) is 0 Å². The van der Waals surface area contributed by atoms with E-state index < -0.39 is 0 Å². The summed E-state index contributed by atoms with van der Waals surface area (Å²) in [6, 6.07) is 5.12. The van der Waals surface area contributed by atoms with Gasteiger partial charge in [0.05, 0.1) is 19.6 Å². The number of hydrogen-bond acceptors (Lipinski definition) is 4. The molecule has 4 heteroatoms. The van der Waals surface area contributed by atoms with Gasteiger partial charge in [0.25, 0.3) is 0 Å². The molecule has 4 nitrogen and oxygen atoms in total. The molecule has 0 N–H and O–H groups in total. The third kappa shape index (κ3) is 1.52. The van der Waals surface area contributed by atoms with Crippen molar-refractivity contribution in [3.05, 3.63) is 34.4 Å². The Morgan fingerprint density at radius 2 is 1.88 bits per heavy atom. The molecule has 0 bridgehead atoms. The molecule has 0 amide bonds. The van der Waals surface area contributed by atoms with Crippen LogP contribution >= 0.6 is 0 Å². The number of methoxy groups -OCH3 is 2. The van der Waals surface area contributed by atoms with Crippen LogP contribution < -0.4 is 15.1 Å². The molecule has 1 heterocycles. The Hall–Kier alpha value is -1.97. The zero-order valence-electron chi connectivity index (χ0n) is 9.37. The molecule has 0 unspecified atom stereocenters. The molecule has 0 saturated carbocycles. The molecule has 0 aliphatic rings. The topological polar surface area (TPSA) is 48.7 Å². The Kier molecular flexibility index (Phi) is 2.56. The monoisotopic (exact) mass is 220 g/mol. The minimum absolute atomic E-state index is 0.365. The van der Waals surface area contributed by atoms with Gasteiger partial charge >= 0.3 is 5.63 Å². The van der Waals surface area contributed by atoms with Crippen LogP contribution in [0, 0.1) is 6.92 Å². The second-order valence-corrected chi connectivity index (χ2v) is 3.41. The molecule has 2 rings (SSSR count). The van der Waals surface area contributed by atoms with Crippen molar-refractivity contribution in [3.63, 3.8) is 0 Å². The first-order valence-corrected chi connectivity index (χ1v) is 4.83. The molecule has 0 spiro atoms. The third-order valence-electron chi connectivity index (χ3n) is 2.41. The van der Waals surface area contributed by atoms with Crippen molar-refractivity contribution in [2.45, 2.75) is 6.92 Å². The van der Waals surface area contributed by atoms with E-state index >= 15 is 0 Å². The number of ether oxygens (including phenoxy) is 2. The molecular weight excluding hydrogens is 208 g/mol. The van der Waals surface area contributed by atoms with E-state index in [0.29, 0.717) is 28.0 Å². The number of fused-ring (bicyclic) bond motifs is 1. The van der Waals surface area contributed by atoms with Crippen LogP contribution in [0.4, 0.5) is 0 Å². The molecule has 2 aromatic rings. The molecule has 1 aromatic carbocycles. The number of hydrogen-bond donors (Lipinski definition) is 0. The van der Waals surface area contributed by atoms with Gasteiger partial charge in [-0.3, -0.25) is 0 Å². The van der Waals surface area contributed by atoms with E-state index in [4.69, 9.17) is 13.9 Å². The summed E-state index contributed by atoms with van der Waals surface area (Å²) < 4.78 is 15.4. The van der Waals surface area contributed by atoms with Gasteiger partial charge in [0.2, 0.25) is 0 Å². The summed E-state index contributed by atoms with van der Waals surface area (Å²) in [5.74, 6) is 1.69. The van der Waals surface area contributed by atoms with Crippen LogP contribution in [-0.4, -0.2) is 14.2 Å². The predicted molar refractivity (Wildman–Crippen MR) is 60.3 cm³/mol. The second kappa shape index (κ2) is 3.89. The van der Waals surface area contributed by atoms with Crippen LogP contribution in [0.3, 0.4) is 0 Å². The Labute approximate surface area is 92.4 Å². The Bertz CT molecular complexity index is 583. The summed E-state index contributed by atoms with van der Waals surface area (Å²) in [6.45, 7) is 1.72. The second-order valence-electron chi connectivity index (χ2n) is 3.41. The molecule has 84 valence electrons. The SMILES string of the molecule is COc1ccc2c(=O)oc(C)cc2c1OC. The van der Waals surface area contributed by atoms with E-state index in [1.807, 2.05) is 0 Å². The van der Waals surface area contributed by atoms with Gasteiger partial charge in [-0.1, -0.05) is 0 Å². The van der Waals surface area contributed by atoms with Crippen LogP contribution in [0.15, 0.2) is 27.4 Å². The van der Waals surface area contributed by atoms with Gasteiger partial charge in [-0.05, 0) is 25.1 Å². The van der Waals surface area contributed by atoms with E-state index in [0.717, 1.165) is 0 Å². The van der Waals surface area contributed by atoms with Gasteiger partial charge in [-0.2, -0.15) is 0 Å². The van der Waals surface area contributed by atoms with Gasteiger partial charge in [-0.25, -0.2) is 4.79 Å². The average Bonchev–Trinajstić information content (AvgIpc) is 2.27. The molecule has 1 aromatic heterocycles. The smallest absolute Gasteiger partial charge is 0.343 e. The number of rotatable bonds is 2. The highest BCUT2D eigenvalue weighted by molar-refractivity contribution is 5.89. The predicted octanol–water partition coefficient (Wildman–Crippen LogP) is 2.12. The summed E-state index contributed by atoms with van der Waals surface area (Å²) in [4.78, 5) is 11.6. The van der Waals surface area contributed by atoms with Crippen LogP contribution in [0.25, 0.3) is 10.8 Å². The molecule has 0 fully saturated rings. The highest BCUT2D eigenvalue weighted by Gasteiger charge is 2.12. The van der Waals surface area contributed by atoms with Crippen LogP contribution in [0.5, 0.6) is 11.5 Å². The van der Waals surface area contributed by atoms with Crippen LogP contribution in [0.1, 0.15) is 5.76 Å². The van der Waals surface area contributed by atoms with Crippen molar-refractivity contribution in [2.24, 2.45) is 0 Å². The van der Waals surface area contributed by atoms with E-state index in [1.54, 1.807) is 39.3 Å². The molecule has 0 saturated heterocycles. The summed E-state index contributed by atoms with van der Waals surface area (Å²) in [7, 11) is 3.10. The maximum Gasteiger partial charge on any atom is 0.343 e. The van der Waals surface area contributed by atoms with Crippen molar-refractivity contribution >= 4 is 10.8 Å². The quantitative estimate of drug-likeness (QED) is 0.777. The fourth-order valence-electron chi connectivity index (χ4n) is 1.71. The standard InChI is InChI=1S/C12H12O4/c1-7-6-9-8(12(13)16-7)4-5-10(14-2)11(9)15-3/h4-6H,1-3H3. The fourth-order valence-corrected chi connectivity index (χ4v) is 1.71. The van der Waals surface area contributed by atoms with Gasteiger partial charge in [0, 0.05) is 5.39 Å². The van der Waals surface area contributed by atoms with Gasteiger partial charge in [-0.15, -0.1) is 0 Å². The van der Waals surface area contributed by atoms with Crippen LogP contribution in [-0.2, 0) is 0 Å². The lowest BCUT2D eigenvalue weighted by Crippen LogP contribution is -2.02. The van der Waals surface area contributed by atoms with Crippen molar-refractivity contribution in [3.8, 4) is 11.5 Å². The maximum absolute atomic E-state index is 11.6. The Morgan fingerprint density at radius 1 is 1.12 bits per heavy atom. The molecule has 0 radical (unpaired) electrons. The Morgan fingerprint density at radius 3 is 2.50 bits per heavy atom. The summed E-state index contributed by atoms with van der Waals surface area (Å²) in [5, 5.41) is 1.19. The first-order valence-electron chi connectivity index (χ1n) is 4.83. The van der Waals surface area contributed by atoms with Gasteiger partial charge in [0.1, 0.15) is 5.76 Å². The third-order valence-corrected chi connectivity index (χ3v) is 2.41. The lowest BCUT2D eigenvalue weighted by atomic mass is 10.1. The molecule has 0 atom stereocenters. The highest BCUT2D eigenvalue weighted by atomic mass is 16.5. The first-order chi connectivity index (χ1) is 7.67. The average molecular weight is 220 g/mol. The minimum atomic E-state index is -0.365. The number of benzene rings is 1. The lowest BCUT2D eigenvalue weighted by Gasteiger charge is -2.09. The summed E-state index contributed by atoms with van der Waals surface area (Å²) in [6.07, 6.45) is 0. The zero-order chi connectivity index (χ0) is 11.7. The molecule has 0 aliphatic carbocycles. The summed E-state index contributed by atoms with van der Waals surface area (Å²) in [5.41, 5.74) is -0.365. The molecular formula is C12H12O4. The molecule has 16 heavy (non-hydrogen) atoms. The minimum Gasteiger partial charge on any atom is -0.493 e. The van der Waals surface area contributed by atoms with Crippen molar-refractivity contribution < 1.29 is 13.9 Å². The zero-order valence-corrected chi connectivity index (χ0v) is 9.37. The maximum atomic E-state index is 11.6. The highest BCUT2D eigenvalue weighted by Crippen LogP contribution is 2.34. The van der Waals surface area contributed by atoms with Crippen molar-refractivity contribution in [2.75, 3.05) is 14.2 Å². The van der Waals surface area contributed by atoms with E-state index in [-0.39, 0.29) is 5.63 Å². The van der Waals surface area contributed by atoms with E-state index in [2.05, 4.69) is 0 Å². The van der Waals surface area contributed by atoms with Gasteiger partial charge < -0.3 is 13.9 Å². The lowest BCUT2D eigenvalue weighted by molar-refractivity contribution is 0.358. The van der Waals surface area contributed by atoms with Gasteiger partial charge in [0.15, 0.2) is 11.5 Å².